The number of aliphatic hydroxyl groups excluding tert-OH is 1. The Kier molecular flexibility index (Phi) is 45.5. The maximum atomic E-state index is 10.3. The van der Waals surface area contributed by atoms with E-state index in [1.807, 2.05) is 0 Å². The molecule has 5 heteroatoms. The van der Waals surface area contributed by atoms with Crippen LogP contribution in [0.3, 0.4) is 0 Å². The molecule has 0 radical (unpaired) electrons. The van der Waals surface area contributed by atoms with Gasteiger partial charge in [0.1, 0.15) is 0 Å². The van der Waals surface area contributed by atoms with E-state index in [1.165, 1.54) is 186 Å². The maximum Gasteiger partial charge on any atom is 0.303 e. The summed E-state index contributed by atoms with van der Waals surface area (Å²) in [5.41, 5.74) is 0. The molecule has 0 atom stereocenters. The summed E-state index contributed by atoms with van der Waals surface area (Å²) >= 11 is 4.28. The SMILES string of the molecule is CCCCCCCCCCCCCCCCCC(=O)O.CCCCCCCCCCCCCCCCCCN(CCO)CCS. The van der Waals surface area contributed by atoms with E-state index in [2.05, 4.69) is 31.4 Å². The quantitative estimate of drug-likeness (QED) is 0.0459. The minimum Gasteiger partial charge on any atom is -0.481 e. The third kappa shape index (κ3) is 45.9. The van der Waals surface area contributed by atoms with Gasteiger partial charge in [-0.25, -0.2) is 0 Å². The fourth-order valence-corrected chi connectivity index (χ4v) is 6.43. The van der Waals surface area contributed by atoms with E-state index < -0.39 is 5.97 Å². The summed E-state index contributed by atoms with van der Waals surface area (Å²) in [6, 6.07) is 0. The molecule has 0 rings (SSSR count). The zero-order chi connectivity index (χ0) is 33.3. The van der Waals surface area contributed by atoms with E-state index in [0.29, 0.717) is 6.42 Å². The van der Waals surface area contributed by atoms with Gasteiger partial charge in [0.25, 0.3) is 0 Å². The molecule has 272 valence electrons. The van der Waals surface area contributed by atoms with Crippen LogP contribution >= 0.6 is 12.6 Å². The summed E-state index contributed by atoms with van der Waals surface area (Å²) in [6.07, 6.45) is 42.9. The largest absolute Gasteiger partial charge is 0.481 e. The predicted octanol–water partition coefficient (Wildman–Crippen LogP) is 12.8. The summed E-state index contributed by atoms with van der Waals surface area (Å²) in [5, 5.41) is 17.5. The predicted molar refractivity (Wildman–Crippen MR) is 204 cm³/mol. The molecule has 0 spiro atoms. The van der Waals surface area contributed by atoms with Crippen LogP contribution in [0.15, 0.2) is 0 Å². The summed E-state index contributed by atoms with van der Waals surface area (Å²) in [5.74, 6) is 0.235. The van der Waals surface area contributed by atoms with E-state index in [0.717, 1.165) is 38.2 Å². The smallest absolute Gasteiger partial charge is 0.303 e. The Morgan fingerprint density at radius 2 is 0.733 bits per heavy atom. The number of nitrogens with zero attached hydrogens (tertiary/aromatic N) is 1. The number of hydrogen-bond acceptors (Lipinski definition) is 4. The highest BCUT2D eigenvalue weighted by Crippen LogP contribution is 2.15. The van der Waals surface area contributed by atoms with Gasteiger partial charge >= 0.3 is 5.97 Å². The van der Waals surface area contributed by atoms with Crippen LogP contribution in [0, 0.1) is 0 Å². The highest BCUT2D eigenvalue weighted by molar-refractivity contribution is 7.80. The van der Waals surface area contributed by atoms with E-state index in [9.17, 15) is 4.79 Å². The Bertz CT molecular complexity index is 528. The number of carboxylic acid groups (broad SMARTS) is 1. The Labute approximate surface area is 289 Å². The maximum absolute atomic E-state index is 10.3. The van der Waals surface area contributed by atoms with E-state index in [4.69, 9.17) is 10.2 Å². The minimum absolute atomic E-state index is 0.270. The van der Waals surface area contributed by atoms with Gasteiger partial charge in [0.05, 0.1) is 6.61 Å². The molecule has 0 unspecified atom stereocenters. The van der Waals surface area contributed by atoms with Gasteiger partial charge in [-0.15, -0.1) is 0 Å². The molecule has 0 aromatic carbocycles. The molecular weight excluding hydrogens is 575 g/mol. The van der Waals surface area contributed by atoms with Crippen LogP contribution in [0.5, 0.6) is 0 Å². The third-order valence-corrected chi connectivity index (χ3v) is 9.35. The van der Waals surface area contributed by atoms with Crippen molar-refractivity contribution in [1.82, 2.24) is 4.90 Å². The van der Waals surface area contributed by atoms with Crippen molar-refractivity contribution in [3.05, 3.63) is 0 Å². The highest BCUT2D eigenvalue weighted by Gasteiger charge is 2.02. The molecule has 0 aliphatic rings. The summed E-state index contributed by atoms with van der Waals surface area (Å²) in [4.78, 5) is 12.7. The highest BCUT2D eigenvalue weighted by atomic mass is 32.1. The van der Waals surface area contributed by atoms with E-state index >= 15 is 0 Å². The van der Waals surface area contributed by atoms with Crippen LogP contribution in [0.4, 0.5) is 0 Å². The van der Waals surface area contributed by atoms with Crippen molar-refractivity contribution < 1.29 is 15.0 Å². The van der Waals surface area contributed by atoms with Crippen molar-refractivity contribution in [3.63, 3.8) is 0 Å². The number of hydrogen-bond donors (Lipinski definition) is 3. The zero-order valence-corrected chi connectivity index (χ0v) is 31.8. The zero-order valence-electron chi connectivity index (χ0n) is 30.9. The van der Waals surface area contributed by atoms with Crippen LogP contribution in [-0.2, 0) is 4.79 Å². The summed E-state index contributed by atoms with van der Waals surface area (Å²) in [6.45, 7) is 7.76. The monoisotopic (exact) mass is 658 g/mol. The van der Waals surface area contributed by atoms with Crippen LogP contribution in [0.1, 0.15) is 219 Å². The van der Waals surface area contributed by atoms with Crippen molar-refractivity contribution >= 4 is 18.6 Å². The minimum atomic E-state index is -0.653. The lowest BCUT2D eigenvalue weighted by atomic mass is 10.0. The molecule has 0 aromatic heterocycles. The number of rotatable bonds is 37. The van der Waals surface area contributed by atoms with Gasteiger partial charge in [-0.1, -0.05) is 200 Å². The molecule has 0 amide bonds. The van der Waals surface area contributed by atoms with Crippen LogP contribution in [0.25, 0.3) is 0 Å². The number of carboxylic acids is 1. The van der Waals surface area contributed by atoms with Gasteiger partial charge in [-0.3, -0.25) is 4.79 Å². The number of aliphatic carboxylic acids is 1. The first-order valence-electron chi connectivity index (χ1n) is 20.3. The summed E-state index contributed by atoms with van der Waals surface area (Å²) < 4.78 is 0. The van der Waals surface area contributed by atoms with Gasteiger partial charge in [0, 0.05) is 25.3 Å². The molecule has 0 fully saturated rings. The van der Waals surface area contributed by atoms with Crippen LogP contribution in [0.2, 0.25) is 0 Å². The molecule has 0 aromatic rings. The summed E-state index contributed by atoms with van der Waals surface area (Å²) in [7, 11) is 0. The molecular formula is C40H83NO3S. The Hall–Kier alpha value is -0.260. The van der Waals surface area contributed by atoms with Crippen LogP contribution in [-0.4, -0.2) is 53.1 Å². The van der Waals surface area contributed by atoms with Gasteiger partial charge in [-0.05, 0) is 19.4 Å². The first kappa shape index (κ1) is 46.9. The van der Waals surface area contributed by atoms with Gasteiger partial charge < -0.3 is 15.1 Å². The average molecular weight is 658 g/mol. The van der Waals surface area contributed by atoms with Gasteiger partial charge in [-0.2, -0.15) is 12.6 Å². The fourth-order valence-electron chi connectivity index (χ4n) is 6.15. The number of aliphatic hydroxyl groups is 1. The molecule has 2 N–H and O–H groups in total. The standard InChI is InChI=1S/C22H47NOS.C18H36O2/c1-2-3-4-5-6-7-8-9-10-11-12-13-14-15-16-17-18-23(19-21-24)20-22-25;1-2-3-4-5-6-7-8-9-10-11-12-13-14-15-16-17-18(19)20/h24-25H,2-22H2,1H3;2-17H2,1H3,(H,19,20). The fraction of sp³-hybridized carbons (Fsp3) is 0.975. The lowest BCUT2D eigenvalue weighted by Crippen LogP contribution is -2.29. The van der Waals surface area contributed by atoms with Crippen molar-refractivity contribution in [2.24, 2.45) is 0 Å². The normalized spacial score (nSPS) is 11.2. The third-order valence-electron chi connectivity index (χ3n) is 9.15. The Morgan fingerprint density at radius 1 is 0.444 bits per heavy atom. The van der Waals surface area contributed by atoms with Gasteiger partial charge in [0.2, 0.25) is 0 Å². The second-order valence-corrected chi connectivity index (χ2v) is 14.1. The number of thiol groups is 1. The topological polar surface area (TPSA) is 60.8 Å². The van der Waals surface area contributed by atoms with Crippen molar-refractivity contribution in [2.45, 2.75) is 219 Å². The van der Waals surface area contributed by atoms with E-state index in [1.54, 1.807) is 0 Å². The van der Waals surface area contributed by atoms with Crippen molar-refractivity contribution in [2.75, 3.05) is 32.0 Å². The van der Waals surface area contributed by atoms with Crippen molar-refractivity contribution in [3.8, 4) is 0 Å². The van der Waals surface area contributed by atoms with E-state index in [-0.39, 0.29) is 6.61 Å². The molecule has 0 bridgehead atoms. The molecule has 0 aliphatic heterocycles. The second-order valence-electron chi connectivity index (χ2n) is 13.7. The molecule has 0 saturated heterocycles. The lowest BCUT2D eigenvalue weighted by molar-refractivity contribution is -0.137. The second kappa shape index (κ2) is 43.7. The number of unbranched alkanes of at least 4 members (excludes halogenated alkanes) is 29. The molecule has 45 heavy (non-hydrogen) atoms. The van der Waals surface area contributed by atoms with Crippen LogP contribution < -0.4 is 0 Å². The molecule has 0 saturated carbocycles. The first-order chi connectivity index (χ1) is 22.1. The molecule has 0 heterocycles. The lowest BCUT2D eigenvalue weighted by Gasteiger charge is -2.19. The molecule has 4 nitrogen and oxygen atoms in total. The number of carbonyl (C=O) groups is 1. The Morgan fingerprint density at radius 3 is 1.00 bits per heavy atom. The average Bonchev–Trinajstić information content (AvgIpc) is 3.03. The van der Waals surface area contributed by atoms with Gasteiger partial charge in [0.15, 0.2) is 0 Å². The van der Waals surface area contributed by atoms with Crippen molar-refractivity contribution in [1.29, 1.82) is 0 Å². The first-order valence-corrected chi connectivity index (χ1v) is 20.9. The molecule has 0 aliphatic carbocycles. The Balaban J connectivity index is 0.